The maximum absolute atomic E-state index is 11.3. The van der Waals surface area contributed by atoms with Crippen molar-refractivity contribution in [2.45, 2.75) is 45.2 Å². The summed E-state index contributed by atoms with van der Waals surface area (Å²) in [5.74, 6) is 3.35. The van der Waals surface area contributed by atoms with Crippen LogP contribution in [0.2, 0.25) is 0 Å². The number of esters is 1. The monoisotopic (exact) mass is 277 g/mol. The van der Waals surface area contributed by atoms with Crippen molar-refractivity contribution < 1.29 is 13.9 Å². The summed E-state index contributed by atoms with van der Waals surface area (Å²) in [6.45, 7) is 2.95. The molecule has 1 aromatic rings. The summed E-state index contributed by atoms with van der Waals surface area (Å²) in [4.78, 5) is 11.3. The van der Waals surface area contributed by atoms with E-state index in [2.05, 4.69) is 17.0 Å². The lowest BCUT2D eigenvalue weighted by Gasteiger charge is -2.28. The quantitative estimate of drug-likeness (QED) is 0.841. The van der Waals surface area contributed by atoms with Crippen LogP contribution in [0.4, 0.5) is 0 Å². The number of carbonyl (C=O) groups excluding carboxylic acids is 1. The molecule has 0 radical (unpaired) electrons. The minimum absolute atomic E-state index is 0.275. The van der Waals surface area contributed by atoms with Crippen molar-refractivity contribution in [2.75, 3.05) is 7.11 Å². The molecule has 2 saturated carbocycles. The van der Waals surface area contributed by atoms with Crippen LogP contribution < -0.4 is 5.32 Å². The van der Waals surface area contributed by atoms with Crippen LogP contribution in [0.5, 0.6) is 0 Å². The molecule has 4 nitrogen and oxygen atoms in total. The zero-order chi connectivity index (χ0) is 14.1. The fourth-order valence-electron chi connectivity index (χ4n) is 4.00. The van der Waals surface area contributed by atoms with E-state index in [9.17, 15) is 4.79 Å². The van der Waals surface area contributed by atoms with E-state index in [-0.39, 0.29) is 5.76 Å². The number of furan rings is 1. The number of nitrogens with one attached hydrogen (secondary N) is 1. The summed E-state index contributed by atoms with van der Waals surface area (Å²) < 4.78 is 10.1. The smallest absolute Gasteiger partial charge is 0.373 e. The average molecular weight is 277 g/mol. The predicted octanol–water partition coefficient (Wildman–Crippen LogP) is 2.98. The van der Waals surface area contributed by atoms with E-state index in [1.165, 1.54) is 32.8 Å². The van der Waals surface area contributed by atoms with Crippen LogP contribution in [-0.2, 0) is 11.3 Å². The molecule has 2 aliphatic carbocycles. The molecule has 0 spiro atoms. The lowest BCUT2D eigenvalue weighted by atomic mass is 9.84. The fraction of sp³-hybridized carbons (Fsp3) is 0.688. The van der Waals surface area contributed by atoms with Crippen molar-refractivity contribution in [1.82, 2.24) is 5.32 Å². The number of ether oxygens (including phenoxy) is 1. The van der Waals surface area contributed by atoms with Gasteiger partial charge in [0.25, 0.3) is 0 Å². The number of hydrogen-bond donors (Lipinski definition) is 1. The molecule has 0 aromatic carbocycles. The van der Waals surface area contributed by atoms with Gasteiger partial charge in [-0.1, -0.05) is 6.42 Å². The van der Waals surface area contributed by atoms with Crippen LogP contribution >= 0.6 is 0 Å². The minimum Gasteiger partial charge on any atom is -0.463 e. The molecular weight excluding hydrogens is 254 g/mol. The van der Waals surface area contributed by atoms with Gasteiger partial charge in [0.15, 0.2) is 0 Å². The lowest BCUT2D eigenvalue weighted by Crippen LogP contribution is -2.35. The van der Waals surface area contributed by atoms with E-state index in [1.54, 1.807) is 6.07 Å². The van der Waals surface area contributed by atoms with Crippen LogP contribution in [0.15, 0.2) is 16.5 Å². The number of hydrogen-bond acceptors (Lipinski definition) is 4. The van der Waals surface area contributed by atoms with Gasteiger partial charge in [-0.3, -0.25) is 0 Å². The van der Waals surface area contributed by atoms with Crippen molar-refractivity contribution in [1.29, 1.82) is 0 Å². The highest BCUT2D eigenvalue weighted by molar-refractivity contribution is 5.86. The Kier molecular flexibility index (Phi) is 3.83. The third kappa shape index (κ3) is 2.62. The van der Waals surface area contributed by atoms with E-state index in [0.717, 1.165) is 23.5 Å². The molecule has 4 unspecified atom stereocenters. The fourth-order valence-corrected chi connectivity index (χ4v) is 4.00. The first-order chi connectivity index (χ1) is 9.67. The van der Waals surface area contributed by atoms with Crippen molar-refractivity contribution in [3.63, 3.8) is 0 Å². The first-order valence-corrected chi connectivity index (χ1v) is 7.57. The lowest BCUT2D eigenvalue weighted by molar-refractivity contribution is 0.0562. The summed E-state index contributed by atoms with van der Waals surface area (Å²) in [6, 6.07) is 4.02. The van der Waals surface area contributed by atoms with Crippen molar-refractivity contribution >= 4 is 5.97 Å². The predicted molar refractivity (Wildman–Crippen MR) is 75.3 cm³/mol. The summed E-state index contributed by atoms with van der Waals surface area (Å²) in [5, 5.41) is 3.55. The van der Waals surface area contributed by atoms with Gasteiger partial charge in [-0.25, -0.2) is 4.79 Å². The van der Waals surface area contributed by atoms with Crippen LogP contribution in [0.25, 0.3) is 0 Å². The summed E-state index contributed by atoms with van der Waals surface area (Å²) in [6.07, 6.45) is 5.66. The largest absolute Gasteiger partial charge is 0.463 e. The Hall–Kier alpha value is -1.29. The molecule has 2 fully saturated rings. The van der Waals surface area contributed by atoms with Gasteiger partial charge in [0.1, 0.15) is 5.76 Å². The first-order valence-electron chi connectivity index (χ1n) is 7.57. The van der Waals surface area contributed by atoms with Gasteiger partial charge in [-0.15, -0.1) is 0 Å². The Labute approximate surface area is 119 Å². The molecule has 4 heteroatoms. The van der Waals surface area contributed by atoms with E-state index in [1.807, 2.05) is 6.07 Å². The molecule has 20 heavy (non-hydrogen) atoms. The Morgan fingerprint density at radius 3 is 2.95 bits per heavy atom. The molecule has 0 aliphatic heterocycles. The normalized spacial score (nSPS) is 29.6. The second-order valence-electron chi connectivity index (χ2n) is 6.27. The second kappa shape index (κ2) is 5.60. The number of methoxy groups -OCH3 is 1. The molecule has 1 aromatic heterocycles. The van der Waals surface area contributed by atoms with Crippen LogP contribution in [0.3, 0.4) is 0 Å². The molecule has 1 heterocycles. The minimum atomic E-state index is -0.419. The number of rotatable bonds is 5. The van der Waals surface area contributed by atoms with Crippen molar-refractivity contribution in [3.8, 4) is 0 Å². The molecule has 2 bridgehead atoms. The Bertz CT molecular complexity index is 482. The molecule has 3 rings (SSSR count). The van der Waals surface area contributed by atoms with E-state index in [0.29, 0.717) is 12.6 Å². The maximum Gasteiger partial charge on any atom is 0.373 e. The molecule has 110 valence electrons. The highest BCUT2D eigenvalue weighted by Gasteiger charge is 2.41. The van der Waals surface area contributed by atoms with Gasteiger partial charge in [0.2, 0.25) is 5.76 Å². The second-order valence-corrected chi connectivity index (χ2v) is 6.27. The van der Waals surface area contributed by atoms with E-state index >= 15 is 0 Å². The number of fused-ring (bicyclic) bond motifs is 2. The maximum atomic E-state index is 11.3. The first kappa shape index (κ1) is 13.7. The molecular formula is C16H23NO3. The van der Waals surface area contributed by atoms with Gasteiger partial charge >= 0.3 is 5.97 Å². The molecule has 0 amide bonds. The summed E-state index contributed by atoms with van der Waals surface area (Å²) in [5.41, 5.74) is 0. The van der Waals surface area contributed by atoms with Gasteiger partial charge in [-0.05, 0) is 56.1 Å². The number of carbonyl (C=O) groups is 1. The van der Waals surface area contributed by atoms with Crippen LogP contribution in [0.1, 0.15) is 48.9 Å². The highest BCUT2D eigenvalue weighted by atomic mass is 16.5. The van der Waals surface area contributed by atoms with Gasteiger partial charge in [0, 0.05) is 6.04 Å². The molecule has 0 saturated heterocycles. The SMILES string of the molecule is COC(=O)c1ccc(CNC(C)C2CC3CCC2C3)o1. The molecule has 4 atom stereocenters. The summed E-state index contributed by atoms with van der Waals surface area (Å²) >= 11 is 0. The Morgan fingerprint density at radius 1 is 1.45 bits per heavy atom. The van der Waals surface area contributed by atoms with Crippen molar-refractivity contribution in [3.05, 3.63) is 23.7 Å². The van der Waals surface area contributed by atoms with Gasteiger partial charge in [-0.2, -0.15) is 0 Å². The van der Waals surface area contributed by atoms with Crippen LogP contribution in [0, 0.1) is 17.8 Å². The zero-order valence-electron chi connectivity index (χ0n) is 12.2. The Morgan fingerprint density at radius 2 is 2.30 bits per heavy atom. The standard InChI is InChI=1S/C16H23NO3/c1-10(14-8-11-3-4-12(14)7-11)17-9-13-5-6-15(20-13)16(18)19-2/h5-6,10-12,14,17H,3-4,7-9H2,1-2H3. The van der Waals surface area contributed by atoms with E-state index in [4.69, 9.17) is 4.42 Å². The molecule has 2 aliphatic rings. The molecule has 1 N–H and O–H groups in total. The zero-order valence-corrected chi connectivity index (χ0v) is 12.2. The Balaban J connectivity index is 1.51. The van der Waals surface area contributed by atoms with Crippen molar-refractivity contribution in [2.24, 2.45) is 17.8 Å². The topological polar surface area (TPSA) is 51.5 Å². The van der Waals surface area contributed by atoms with E-state index < -0.39 is 5.97 Å². The third-order valence-corrected chi connectivity index (χ3v) is 5.08. The highest BCUT2D eigenvalue weighted by Crippen LogP contribution is 2.49. The van der Waals surface area contributed by atoms with Gasteiger partial charge < -0.3 is 14.5 Å². The third-order valence-electron chi connectivity index (χ3n) is 5.08. The van der Waals surface area contributed by atoms with Crippen LogP contribution in [-0.4, -0.2) is 19.1 Å². The summed E-state index contributed by atoms with van der Waals surface area (Å²) in [7, 11) is 1.36. The van der Waals surface area contributed by atoms with Gasteiger partial charge in [0.05, 0.1) is 13.7 Å². The average Bonchev–Trinajstić information content (AvgIpc) is 3.19.